The van der Waals surface area contributed by atoms with Gasteiger partial charge in [-0.15, -0.1) is 0 Å². The number of hydrogen-bond donors (Lipinski definition) is 1. The summed E-state index contributed by atoms with van der Waals surface area (Å²) in [6, 6.07) is 9.03. The third-order valence-electron chi connectivity index (χ3n) is 5.58. The Morgan fingerprint density at radius 3 is 2.90 bits per heavy atom. The molecule has 0 fully saturated rings. The summed E-state index contributed by atoms with van der Waals surface area (Å²) >= 11 is 0. The van der Waals surface area contributed by atoms with Crippen molar-refractivity contribution in [1.29, 1.82) is 0 Å². The third kappa shape index (κ3) is 2.82. The second-order valence-electron chi connectivity index (χ2n) is 7.44. The van der Waals surface area contributed by atoms with Gasteiger partial charge in [0, 0.05) is 35.5 Å². The lowest BCUT2D eigenvalue weighted by atomic mass is 9.96. The van der Waals surface area contributed by atoms with Crippen LogP contribution in [-0.4, -0.2) is 37.1 Å². The molecule has 4 aromatic rings. The van der Waals surface area contributed by atoms with Gasteiger partial charge in [0.05, 0.1) is 18.8 Å². The predicted octanol–water partition coefficient (Wildman–Crippen LogP) is 4.07. The zero-order valence-electron chi connectivity index (χ0n) is 16.5. The molecule has 0 spiro atoms. The molecule has 0 radical (unpaired) electrons. The van der Waals surface area contributed by atoms with E-state index in [1.807, 2.05) is 36.0 Å². The van der Waals surface area contributed by atoms with Crippen molar-refractivity contribution in [3.05, 3.63) is 72.5 Å². The van der Waals surface area contributed by atoms with E-state index in [0.29, 0.717) is 30.9 Å². The molecule has 1 amide bonds. The molecule has 6 nitrogen and oxygen atoms in total. The lowest BCUT2D eigenvalue weighted by molar-refractivity contribution is -0.127. The van der Waals surface area contributed by atoms with Gasteiger partial charge in [0.1, 0.15) is 17.2 Å². The molecule has 0 saturated heterocycles. The van der Waals surface area contributed by atoms with Crippen LogP contribution in [0.2, 0.25) is 0 Å². The van der Waals surface area contributed by atoms with Crippen LogP contribution in [0.4, 0.5) is 4.39 Å². The van der Waals surface area contributed by atoms with Gasteiger partial charge in [0.25, 0.3) is 0 Å². The van der Waals surface area contributed by atoms with Crippen molar-refractivity contribution >= 4 is 16.9 Å². The van der Waals surface area contributed by atoms with E-state index < -0.39 is 0 Å². The van der Waals surface area contributed by atoms with Crippen LogP contribution in [0.25, 0.3) is 33.4 Å². The van der Waals surface area contributed by atoms with Crippen molar-refractivity contribution < 1.29 is 9.18 Å². The molecule has 1 aliphatic rings. The standard InChI is InChI=1S/C23H20FN5O/c1-3-20(30)28-10-11-29-19(13-28)21(15-6-8-25-23-16(15)7-9-26-23)22(27-29)17-5-4-14(2)12-18(17)24/h3-9,12H,1,10-11,13H2,2H3,(H,25,26). The highest BCUT2D eigenvalue weighted by Crippen LogP contribution is 2.40. The largest absolute Gasteiger partial charge is 0.346 e. The first-order chi connectivity index (χ1) is 14.6. The first-order valence-corrected chi connectivity index (χ1v) is 9.77. The Hall–Kier alpha value is -3.74. The first kappa shape index (κ1) is 18.3. The van der Waals surface area contributed by atoms with E-state index in [-0.39, 0.29) is 11.7 Å². The number of nitrogens with one attached hydrogen (secondary N) is 1. The van der Waals surface area contributed by atoms with E-state index in [2.05, 4.69) is 16.5 Å². The molecule has 0 unspecified atom stereocenters. The molecule has 150 valence electrons. The van der Waals surface area contributed by atoms with Gasteiger partial charge in [-0.25, -0.2) is 9.37 Å². The molecular formula is C23H20FN5O. The van der Waals surface area contributed by atoms with Crippen molar-refractivity contribution in [3.8, 4) is 22.4 Å². The molecule has 5 rings (SSSR count). The highest BCUT2D eigenvalue weighted by Gasteiger charge is 2.29. The molecule has 30 heavy (non-hydrogen) atoms. The number of carbonyl (C=O) groups excluding carboxylic acids is 1. The summed E-state index contributed by atoms with van der Waals surface area (Å²) in [7, 11) is 0. The fourth-order valence-corrected chi connectivity index (χ4v) is 4.10. The fraction of sp³-hybridized carbons (Fsp3) is 0.174. The Kier molecular flexibility index (Phi) is 4.24. The normalized spacial score (nSPS) is 13.5. The second-order valence-corrected chi connectivity index (χ2v) is 7.44. The summed E-state index contributed by atoms with van der Waals surface area (Å²) in [6.07, 6.45) is 4.88. The number of H-pyrrole nitrogens is 1. The van der Waals surface area contributed by atoms with E-state index in [0.717, 1.165) is 33.4 Å². The molecule has 3 aromatic heterocycles. The minimum Gasteiger partial charge on any atom is -0.346 e. The Balaban J connectivity index is 1.78. The van der Waals surface area contributed by atoms with Gasteiger partial charge in [-0.05, 0) is 48.4 Å². The number of fused-ring (bicyclic) bond motifs is 2. The van der Waals surface area contributed by atoms with Crippen molar-refractivity contribution in [1.82, 2.24) is 24.6 Å². The van der Waals surface area contributed by atoms with Gasteiger partial charge in [-0.3, -0.25) is 9.48 Å². The fourth-order valence-electron chi connectivity index (χ4n) is 4.10. The van der Waals surface area contributed by atoms with E-state index in [9.17, 15) is 9.18 Å². The number of halogens is 1. The quantitative estimate of drug-likeness (QED) is 0.526. The maximum Gasteiger partial charge on any atom is 0.246 e. The Labute approximate surface area is 172 Å². The third-order valence-corrected chi connectivity index (χ3v) is 5.58. The van der Waals surface area contributed by atoms with Crippen LogP contribution in [0, 0.1) is 12.7 Å². The smallest absolute Gasteiger partial charge is 0.246 e. The number of amides is 1. The van der Waals surface area contributed by atoms with Crippen LogP contribution < -0.4 is 0 Å². The zero-order chi connectivity index (χ0) is 20.8. The summed E-state index contributed by atoms with van der Waals surface area (Å²) < 4.78 is 16.8. The summed E-state index contributed by atoms with van der Waals surface area (Å²) in [5.41, 5.74) is 5.22. The number of rotatable bonds is 3. The number of aryl methyl sites for hydroxylation is 1. The number of nitrogens with zero attached hydrogens (tertiary/aromatic N) is 4. The van der Waals surface area contributed by atoms with Gasteiger partial charge in [-0.1, -0.05) is 12.6 Å². The molecule has 1 aromatic carbocycles. The highest BCUT2D eigenvalue weighted by atomic mass is 19.1. The maximum atomic E-state index is 15.0. The van der Waals surface area contributed by atoms with Crippen LogP contribution in [0.15, 0.2) is 55.4 Å². The van der Waals surface area contributed by atoms with Crippen molar-refractivity contribution in [2.75, 3.05) is 6.54 Å². The maximum absolute atomic E-state index is 15.0. The van der Waals surface area contributed by atoms with Crippen molar-refractivity contribution in [3.63, 3.8) is 0 Å². The summed E-state index contributed by atoms with van der Waals surface area (Å²) in [6.45, 7) is 6.92. The molecule has 1 aliphatic heterocycles. The van der Waals surface area contributed by atoms with Crippen LogP contribution in [0.3, 0.4) is 0 Å². The predicted molar refractivity (Wildman–Crippen MR) is 113 cm³/mol. The van der Waals surface area contributed by atoms with Crippen LogP contribution in [0.1, 0.15) is 11.3 Å². The number of carbonyl (C=O) groups is 1. The molecule has 7 heteroatoms. The topological polar surface area (TPSA) is 66.8 Å². The van der Waals surface area contributed by atoms with Gasteiger partial charge in [0.2, 0.25) is 5.91 Å². The first-order valence-electron chi connectivity index (χ1n) is 9.77. The van der Waals surface area contributed by atoms with Crippen LogP contribution in [0.5, 0.6) is 0 Å². The van der Waals surface area contributed by atoms with Crippen LogP contribution >= 0.6 is 0 Å². The van der Waals surface area contributed by atoms with Crippen molar-refractivity contribution in [2.24, 2.45) is 0 Å². The molecule has 4 heterocycles. The Morgan fingerprint density at radius 1 is 1.23 bits per heavy atom. The SMILES string of the molecule is C=CC(=O)N1CCn2nc(-c3ccc(C)cc3F)c(-c3ccnc4[nH]ccc34)c2C1. The molecular weight excluding hydrogens is 381 g/mol. The Bertz CT molecular complexity index is 1300. The minimum atomic E-state index is -0.315. The zero-order valence-corrected chi connectivity index (χ0v) is 16.5. The number of hydrogen-bond acceptors (Lipinski definition) is 3. The molecule has 1 N–H and O–H groups in total. The number of aromatic amines is 1. The second kappa shape index (κ2) is 6.95. The molecule has 0 bridgehead atoms. The minimum absolute atomic E-state index is 0.127. The summed E-state index contributed by atoms with van der Waals surface area (Å²) in [5, 5.41) is 5.71. The van der Waals surface area contributed by atoms with E-state index in [1.165, 1.54) is 12.1 Å². The summed E-state index contributed by atoms with van der Waals surface area (Å²) in [5.74, 6) is -0.442. The summed E-state index contributed by atoms with van der Waals surface area (Å²) in [4.78, 5) is 21.5. The lowest BCUT2D eigenvalue weighted by Crippen LogP contribution is -2.37. The van der Waals surface area contributed by atoms with Crippen LogP contribution in [-0.2, 0) is 17.9 Å². The van der Waals surface area contributed by atoms with Gasteiger partial charge in [-0.2, -0.15) is 5.10 Å². The number of benzene rings is 1. The van der Waals surface area contributed by atoms with Crippen molar-refractivity contribution in [2.45, 2.75) is 20.0 Å². The van der Waals surface area contributed by atoms with Gasteiger partial charge < -0.3 is 9.88 Å². The van der Waals surface area contributed by atoms with Gasteiger partial charge in [0.15, 0.2) is 0 Å². The highest BCUT2D eigenvalue weighted by molar-refractivity contribution is 5.98. The lowest BCUT2D eigenvalue weighted by Gasteiger charge is -2.27. The molecule has 0 atom stereocenters. The molecule has 0 saturated carbocycles. The molecule has 0 aliphatic carbocycles. The van der Waals surface area contributed by atoms with E-state index in [4.69, 9.17) is 5.10 Å². The average molecular weight is 401 g/mol. The van der Waals surface area contributed by atoms with Gasteiger partial charge >= 0.3 is 0 Å². The monoisotopic (exact) mass is 401 g/mol. The average Bonchev–Trinajstić information content (AvgIpc) is 3.37. The number of aromatic nitrogens is 4. The van der Waals surface area contributed by atoms with E-state index in [1.54, 1.807) is 17.2 Å². The van der Waals surface area contributed by atoms with E-state index >= 15 is 0 Å². The Morgan fingerprint density at radius 2 is 2.10 bits per heavy atom. The number of pyridine rings is 1.